The fourth-order valence-electron chi connectivity index (χ4n) is 3.14. The number of benzene rings is 2. The second kappa shape index (κ2) is 5.73. The third-order valence-corrected chi connectivity index (χ3v) is 4.33. The summed E-state index contributed by atoms with van der Waals surface area (Å²) in [5.74, 6) is -1.14. The van der Waals surface area contributed by atoms with Gasteiger partial charge in [0.2, 0.25) is 5.88 Å². The third-order valence-electron chi connectivity index (χ3n) is 4.33. The Labute approximate surface area is 147 Å². The number of hydrogen-bond donors (Lipinski definition) is 2. The summed E-state index contributed by atoms with van der Waals surface area (Å²) < 4.78 is 6.28. The first-order valence-corrected chi connectivity index (χ1v) is 7.92. The number of cyclic esters (lactones) is 1. The molecule has 1 atom stereocenters. The van der Waals surface area contributed by atoms with E-state index in [1.165, 1.54) is 0 Å². The highest BCUT2D eigenvalue weighted by atomic mass is 16.5. The van der Waals surface area contributed by atoms with Crippen molar-refractivity contribution in [3.8, 4) is 11.6 Å². The van der Waals surface area contributed by atoms with Crippen LogP contribution < -0.4 is 11.2 Å². The summed E-state index contributed by atoms with van der Waals surface area (Å²) in [7, 11) is 0. The number of aromatic amines is 1. The Kier molecular flexibility index (Phi) is 3.50. The highest BCUT2D eigenvalue weighted by Gasteiger charge is 2.36. The third kappa shape index (κ3) is 2.33. The fraction of sp³-hybridized carbons (Fsp3) is 0.105. The molecule has 1 aromatic heterocycles. The summed E-state index contributed by atoms with van der Waals surface area (Å²) >= 11 is 0. The van der Waals surface area contributed by atoms with Gasteiger partial charge in [0.15, 0.2) is 6.10 Å². The molecule has 0 saturated heterocycles. The summed E-state index contributed by atoms with van der Waals surface area (Å²) in [5.41, 5.74) is 0.286. The first-order valence-electron chi connectivity index (χ1n) is 7.92. The number of nitrogens with one attached hydrogen (secondary N) is 1. The molecule has 26 heavy (non-hydrogen) atoms. The number of aromatic hydroxyl groups is 1. The zero-order valence-electron chi connectivity index (χ0n) is 13.7. The number of aromatic nitrogens is 2. The van der Waals surface area contributed by atoms with Crippen LogP contribution in [0, 0.1) is 6.92 Å². The maximum absolute atomic E-state index is 12.4. The largest absolute Gasteiger partial charge is 0.494 e. The monoisotopic (exact) mass is 350 g/mol. The molecule has 4 rings (SSSR count). The normalized spacial score (nSPS) is 15.6. The van der Waals surface area contributed by atoms with E-state index >= 15 is 0 Å². The van der Waals surface area contributed by atoms with E-state index in [0.29, 0.717) is 16.8 Å². The number of esters is 1. The van der Waals surface area contributed by atoms with Crippen LogP contribution in [0.5, 0.6) is 5.88 Å². The molecule has 1 aliphatic rings. The van der Waals surface area contributed by atoms with Crippen molar-refractivity contribution in [3.05, 3.63) is 91.6 Å². The number of carbonyl (C=O) groups excluding carboxylic acids is 1. The van der Waals surface area contributed by atoms with Crippen LogP contribution in [-0.2, 0) is 4.74 Å². The Morgan fingerprint density at radius 2 is 1.85 bits per heavy atom. The van der Waals surface area contributed by atoms with E-state index in [1.807, 2.05) is 13.0 Å². The van der Waals surface area contributed by atoms with Gasteiger partial charge < -0.3 is 9.84 Å². The van der Waals surface area contributed by atoms with Crippen molar-refractivity contribution in [2.45, 2.75) is 13.0 Å². The molecule has 0 saturated carbocycles. The van der Waals surface area contributed by atoms with Gasteiger partial charge in [-0.2, -0.15) is 0 Å². The minimum absolute atomic E-state index is 0.190. The molecule has 0 unspecified atom stereocenters. The van der Waals surface area contributed by atoms with Crippen molar-refractivity contribution in [2.75, 3.05) is 0 Å². The van der Waals surface area contributed by atoms with Crippen molar-refractivity contribution in [3.63, 3.8) is 0 Å². The molecular formula is C19H14N2O5. The Hall–Kier alpha value is -3.61. The van der Waals surface area contributed by atoms with Crippen LogP contribution in [0.25, 0.3) is 5.69 Å². The van der Waals surface area contributed by atoms with Crippen LogP contribution in [0.1, 0.15) is 33.2 Å². The van der Waals surface area contributed by atoms with Gasteiger partial charge in [-0.25, -0.2) is 14.2 Å². The van der Waals surface area contributed by atoms with Gasteiger partial charge in [0.05, 0.1) is 11.3 Å². The molecule has 7 nitrogen and oxygen atoms in total. The van der Waals surface area contributed by atoms with E-state index in [4.69, 9.17) is 4.74 Å². The average Bonchev–Trinajstić information content (AvgIpc) is 2.92. The highest BCUT2D eigenvalue weighted by Crippen LogP contribution is 2.37. The lowest BCUT2D eigenvalue weighted by Gasteiger charge is -2.15. The van der Waals surface area contributed by atoms with Gasteiger partial charge in [-0.15, -0.1) is 0 Å². The summed E-state index contributed by atoms with van der Waals surface area (Å²) in [6.07, 6.45) is -1.08. The van der Waals surface area contributed by atoms with E-state index < -0.39 is 29.2 Å². The Balaban J connectivity index is 1.97. The van der Waals surface area contributed by atoms with Crippen LogP contribution in [0.15, 0.2) is 58.1 Å². The SMILES string of the molecule is Cc1cccc(-n2c(O)c([C@@H]3OC(=O)c4ccccc43)c(=O)[nH]c2=O)c1. The van der Waals surface area contributed by atoms with E-state index in [0.717, 1.165) is 10.1 Å². The van der Waals surface area contributed by atoms with Gasteiger partial charge in [0.1, 0.15) is 5.56 Å². The molecule has 0 aliphatic carbocycles. The highest BCUT2D eigenvalue weighted by molar-refractivity contribution is 5.94. The minimum Gasteiger partial charge on any atom is -0.494 e. The molecule has 3 aromatic rings. The first-order chi connectivity index (χ1) is 12.5. The number of carbonyl (C=O) groups is 1. The summed E-state index contributed by atoms with van der Waals surface area (Å²) in [5, 5.41) is 10.7. The lowest BCUT2D eigenvalue weighted by atomic mass is 10.0. The minimum atomic E-state index is -1.08. The van der Waals surface area contributed by atoms with Crippen molar-refractivity contribution < 1.29 is 14.6 Å². The zero-order valence-corrected chi connectivity index (χ0v) is 13.7. The molecule has 2 N–H and O–H groups in total. The second-order valence-electron chi connectivity index (χ2n) is 6.04. The molecule has 0 bridgehead atoms. The second-order valence-corrected chi connectivity index (χ2v) is 6.04. The van der Waals surface area contributed by atoms with E-state index in [-0.39, 0.29) is 5.56 Å². The van der Waals surface area contributed by atoms with Gasteiger partial charge in [-0.05, 0) is 30.7 Å². The molecule has 0 spiro atoms. The molecule has 2 heterocycles. The summed E-state index contributed by atoms with van der Waals surface area (Å²) in [6, 6.07) is 13.5. The van der Waals surface area contributed by atoms with Gasteiger partial charge in [0, 0.05) is 5.56 Å². The van der Waals surface area contributed by atoms with Crippen LogP contribution in [-0.4, -0.2) is 20.6 Å². The predicted molar refractivity (Wildman–Crippen MR) is 92.8 cm³/mol. The molecule has 7 heteroatoms. The number of fused-ring (bicyclic) bond motifs is 1. The smallest absolute Gasteiger partial charge is 0.339 e. The number of nitrogens with zero attached hydrogens (tertiary/aromatic N) is 1. The number of ether oxygens (including phenoxy) is 1. The molecule has 130 valence electrons. The van der Waals surface area contributed by atoms with Crippen LogP contribution >= 0.6 is 0 Å². The fourth-order valence-corrected chi connectivity index (χ4v) is 3.14. The lowest BCUT2D eigenvalue weighted by molar-refractivity contribution is 0.0449. The average molecular weight is 350 g/mol. The van der Waals surface area contributed by atoms with Crippen LogP contribution in [0.4, 0.5) is 0 Å². The topological polar surface area (TPSA) is 101 Å². The maximum atomic E-state index is 12.4. The standard InChI is InChI=1S/C19H14N2O5/c1-10-5-4-6-11(9-10)21-17(23)14(16(22)20-19(21)25)15-12-7-2-3-8-13(12)18(24)26-15/h2-9,15,23H,1H3,(H,20,22,25)/t15-/m1/s1. The van der Waals surface area contributed by atoms with E-state index in [1.54, 1.807) is 42.5 Å². The lowest BCUT2D eigenvalue weighted by Crippen LogP contribution is -2.32. The zero-order chi connectivity index (χ0) is 18.4. The molecule has 0 amide bonds. The van der Waals surface area contributed by atoms with Crippen molar-refractivity contribution in [1.82, 2.24) is 9.55 Å². The molecule has 2 aromatic carbocycles. The summed E-state index contributed by atoms with van der Waals surface area (Å²) in [6.45, 7) is 1.84. The first kappa shape index (κ1) is 15.9. The predicted octanol–water partition coefficient (Wildman–Crippen LogP) is 1.80. The van der Waals surface area contributed by atoms with Crippen LogP contribution in [0.3, 0.4) is 0 Å². The van der Waals surface area contributed by atoms with Gasteiger partial charge >= 0.3 is 11.7 Å². The Morgan fingerprint density at radius 1 is 1.08 bits per heavy atom. The molecule has 0 radical (unpaired) electrons. The molecular weight excluding hydrogens is 336 g/mol. The van der Waals surface area contributed by atoms with Crippen molar-refractivity contribution in [2.24, 2.45) is 0 Å². The van der Waals surface area contributed by atoms with Crippen molar-refractivity contribution >= 4 is 5.97 Å². The Bertz CT molecular complexity index is 1160. The van der Waals surface area contributed by atoms with Gasteiger partial charge in [-0.1, -0.05) is 30.3 Å². The molecule has 0 fully saturated rings. The van der Waals surface area contributed by atoms with Gasteiger partial charge in [0.25, 0.3) is 5.56 Å². The van der Waals surface area contributed by atoms with Gasteiger partial charge in [-0.3, -0.25) is 9.78 Å². The molecule has 1 aliphatic heterocycles. The number of H-pyrrole nitrogens is 1. The van der Waals surface area contributed by atoms with E-state index in [2.05, 4.69) is 4.98 Å². The Morgan fingerprint density at radius 3 is 2.62 bits per heavy atom. The number of rotatable bonds is 2. The number of hydrogen-bond acceptors (Lipinski definition) is 5. The summed E-state index contributed by atoms with van der Waals surface area (Å²) in [4.78, 5) is 38.9. The van der Waals surface area contributed by atoms with Crippen molar-refractivity contribution in [1.29, 1.82) is 0 Å². The quantitative estimate of drug-likeness (QED) is 0.686. The van der Waals surface area contributed by atoms with E-state index in [9.17, 15) is 19.5 Å². The van der Waals surface area contributed by atoms with Crippen LogP contribution in [0.2, 0.25) is 0 Å². The maximum Gasteiger partial charge on any atom is 0.339 e. The number of aryl methyl sites for hydroxylation is 1.